The maximum Gasteiger partial charge on any atom is 0.501 e. The molecule has 0 radical (unpaired) electrons. The van der Waals surface area contributed by atoms with Gasteiger partial charge in [-0.15, -0.1) is 0 Å². The third kappa shape index (κ3) is 3.99. The van der Waals surface area contributed by atoms with Gasteiger partial charge in [-0.2, -0.15) is 0 Å². The van der Waals surface area contributed by atoms with Crippen LogP contribution >= 0.6 is 0 Å². The lowest BCUT2D eigenvalue weighted by Crippen LogP contribution is -2.41. The number of ether oxygens (including phenoxy) is 2. The number of carbonyl (C=O) groups is 1. The number of nitrogens with one attached hydrogen (secondary N) is 1. The van der Waals surface area contributed by atoms with Crippen molar-refractivity contribution in [2.75, 3.05) is 20.8 Å². The highest BCUT2D eigenvalue weighted by molar-refractivity contribution is 6.65. The standard InChI is InChI=1S/C23H33BN2O6/c1-10-25-21(27)18-17(24-31-22(4,5)23(6,7)32-24)20(30-26-18)14-11-12-15(28-8)16(13(2)3)19(14)29-9/h11-13H,10H2,1-9H3,(H,25,27). The minimum absolute atomic E-state index is 0.117. The molecule has 1 saturated heterocycles. The minimum atomic E-state index is -0.840. The van der Waals surface area contributed by atoms with E-state index < -0.39 is 18.3 Å². The highest BCUT2D eigenvalue weighted by Crippen LogP contribution is 2.43. The predicted octanol–water partition coefficient (Wildman–Crippen LogP) is 3.53. The Hall–Kier alpha value is -2.52. The normalized spacial score (nSPS) is 17.0. The minimum Gasteiger partial charge on any atom is -0.496 e. The first-order chi connectivity index (χ1) is 15.0. The van der Waals surface area contributed by atoms with Gasteiger partial charge in [-0.25, -0.2) is 0 Å². The molecule has 174 valence electrons. The van der Waals surface area contributed by atoms with Crippen LogP contribution in [0.2, 0.25) is 0 Å². The van der Waals surface area contributed by atoms with Crippen LogP contribution in [-0.4, -0.2) is 50.1 Å². The first-order valence-corrected chi connectivity index (χ1v) is 10.9. The van der Waals surface area contributed by atoms with E-state index in [1.807, 2.05) is 46.8 Å². The van der Waals surface area contributed by atoms with E-state index in [-0.39, 0.29) is 17.5 Å². The molecule has 32 heavy (non-hydrogen) atoms. The largest absolute Gasteiger partial charge is 0.501 e. The summed E-state index contributed by atoms with van der Waals surface area (Å²) in [7, 11) is 2.38. The maximum atomic E-state index is 12.8. The number of nitrogens with zero attached hydrogens (tertiary/aromatic N) is 1. The number of carbonyl (C=O) groups excluding carboxylic acids is 1. The number of benzene rings is 1. The van der Waals surface area contributed by atoms with Gasteiger partial charge in [0.15, 0.2) is 11.5 Å². The summed E-state index contributed by atoms with van der Waals surface area (Å²) in [6.07, 6.45) is 0. The Morgan fingerprint density at radius 2 is 1.75 bits per heavy atom. The Kier molecular flexibility index (Phi) is 6.63. The summed E-state index contributed by atoms with van der Waals surface area (Å²) in [5.74, 6) is 1.43. The summed E-state index contributed by atoms with van der Waals surface area (Å²) >= 11 is 0. The predicted molar refractivity (Wildman–Crippen MR) is 123 cm³/mol. The van der Waals surface area contributed by atoms with Crippen LogP contribution < -0.4 is 20.3 Å². The zero-order valence-electron chi connectivity index (χ0n) is 20.4. The van der Waals surface area contributed by atoms with Crippen LogP contribution in [0.1, 0.15) is 70.4 Å². The Labute approximate surface area is 190 Å². The second-order valence-corrected chi connectivity index (χ2v) is 9.14. The molecule has 1 aromatic carbocycles. The molecule has 0 atom stereocenters. The van der Waals surface area contributed by atoms with E-state index in [0.29, 0.717) is 34.8 Å². The molecule has 0 bridgehead atoms. The number of rotatable bonds is 7. The van der Waals surface area contributed by atoms with Gasteiger partial charge in [0.05, 0.1) is 36.4 Å². The fourth-order valence-corrected chi connectivity index (χ4v) is 3.78. The maximum absolute atomic E-state index is 12.8. The van der Waals surface area contributed by atoms with Gasteiger partial charge in [0.1, 0.15) is 11.5 Å². The molecule has 1 N–H and O–H groups in total. The molecular formula is C23H33BN2O6. The molecule has 2 aromatic rings. The highest BCUT2D eigenvalue weighted by atomic mass is 16.7. The fourth-order valence-electron chi connectivity index (χ4n) is 3.78. The van der Waals surface area contributed by atoms with Crippen LogP contribution in [0.5, 0.6) is 11.5 Å². The number of methoxy groups -OCH3 is 2. The van der Waals surface area contributed by atoms with Gasteiger partial charge in [0.25, 0.3) is 5.91 Å². The van der Waals surface area contributed by atoms with Crippen LogP contribution in [0, 0.1) is 0 Å². The van der Waals surface area contributed by atoms with E-state index in [1.165, 1.54) is 0 Å². The molecule has 1 aromatic heterocycles. The van der Waals surface area contributed by atoms with Crippen molar-refractivity contribution in [1.82, 2.24) is 10.5 Å². The Bertz CT molecular complexity index is 983. The summed E-state index contributed by atoms with van der Waals surface area (Å²) in [4.78, 5) is 12.8. The summed E-state index contributed by atoms with van der Waals surface area (Å²) in [5.41, 5.74) is 0.903. The van der Waals surface area contributed by atoms with Crippen molar-refractivity contribution in [1.29, 1.82) is 0 Å². The molecule has 0 spiro atoms. The third-order valence-corrected chi connectivity index (χ3v) is 6.17. The van der Waals surface area contributed by atoms with Crippen LogP contribution in [0.25, 0.3) is 11.3 Å². The number of hydrogen-bond acceptors (Lipinski definition) is 7. The van der Waals surface area contributed by atoms with Gasteiger partial charge < -0.3 is 28.6 Å². The second-order valence-electron chi connectivity index (χ2n) is 9.14. The molecule has 8 nitrogen and oxygen atoms in total. The molecule has 9 heteroatoms. The number of aromatic nitrogens is 1. The van der Waals surface area contributed by atoms with Crippen LogP contribution in [0.15, 0.2) is 16.7 Å². The van der Waals surface area contributed by atoms with Gasteiger partial charge in [0, 0.05) is 12.1 Å². The average molecular weight is 444 g/mol. The smallest absolute Gasteiger partial charge is 0.496 e. The van der Waals surface area contributed by atoms with Crippen molar-refractivity contribution in [3.8, 4) is 22.8 Å². The Morgan fingerprint density at radius 1 is 1.12 bits per heavy atom. The molecule has 1 fully saturated rings. The fraction of sp³-hybridized carbons (Fsp3) is 0.565. The lowest BCUT2D eigenvalue weighted by atomic mass is 9.75. The van der Waals surface area contributed by atoms with Crippen LogP contribution in [0.3, 0.4) is 0 Å². The Morgan fingerprint density at radius 3 is 2.25 bits per heavy atom. The van der Waals surface area contributed by atoms with Gasteiger partial charge in [-0.3, -0.25) is 4.79 Å². The SMILES string of the molecule is CCNC(=O)c1noc(-c2ccc(OC)c(C(C)C)c2OC)c1B1OC(C)(C)C(C)(C)O1. The number of hydrogen-bond donors (Lipinski definition) is 1. The van der Waals surface area contributed by atoms with Crippen LogP contribution in [0.4, 0.5) is 0 Å². The molecule has 0 aliphatic carbocycles. The lowest BCUT2D eigenvalue weighted by Gasteiger charge is -2.32. The van der Waals surface area contributed by atoms with Crippen molar-refractivity contribution in [3.63, 3.8) is 0 Å². The van der Waals surface area contributed by atoms with Crippen LogP contribution in [-0.2, 0) is 9.31 Å². The van der Waals surface area contributed by atoms with E-state index in [1.54, 1.807) is 14.2 Å². The van der Waals surface area contributed by atoms with Gasteiger partial charge in [-0.1, -0.05) is 19.0 Å². The van der Waals surface area contributed by atoms with Gasteiger partial charge in [-0.05, 0) is 52.7 Å². The van der Waals surface area contributed by atoms with E-state index in [9.17, 15) is 4.79 Å². The van der Waals surface area contributed by atoms with Crippen molar-refractivity contribution in [2.45, 2.75) is 65.6 Å². The number of amides is 1. The Balaban J connectivity index is 2.25. The summed E-state index contributed by atoms with van der Waals surface area (Å²) in [6, 6.07) is 3.69. The third-order valence-electron chi connectivity index (χ3n) is 6.17. The van der Waals surface area contributed by atoms with Crippen molar-refractivity contribution in [2.24, 2.45) is 0 Å². The average Bonchev–Trinajstić information content (AvgIpc) is 3.24. The molecule has 0 saturated carbocycles. The van der Waals surface area contributed by atoms with Gasteiger partial charge in [0.2, 0.25) is 0 Å². The van der Waals surface area contributed by atoms with Crippen molar-refractivity contribution in [3.05, 3.63) is 23.4 Å². The molecule has 1 amide bonds. The topological polar surface area (TPSA) is 92.1 Å². The van der Waals surface area contributed by atoms with E-state index in [4.69, 9.17) is 23.3 Å². The zero-order valence-corrected chi connectivity index (χ0v) is 20.4. The molecule has 1 aliphatic heterocycles. The van der Waals surface area contributed by atoms with E-state index in [0.717, 1.165) is 5.56 Å². The molecule has 3 rings (SSSR count). The van der Waals surface area contributed by atoms with E-state index in [2.05, 4.69) is 24.3 Å². The van der Waals surface area contributed by atoms with E-state index >= 15 is 0 Å². The summed E-state index contributed by atoms with van der Waals surface area (Å²) < 4.78 is 29.7. The molecule has 2 heterocycles. The first-order valence-electron chi connectivity index (χ1n) is 10.9. The van der Waals surface area contributed by atoms with Crippen molar-refractivity contribution < 1.29 is 28.1 Å². The quantitative estimate of drug-likeness (QED) is 0.654. The van der Waals surface area contributed by atoms with Crippen molar-refractivity contribution >= 4 is 18.5 Å². The molecule has 1 aliphatic rings. The lowest BCUT2D eigenvalue weighted by molar-refractivity contribution is 0.00578. The first kappa shape index (κ1) is 24.1. The van der Waals surface area contributed by atoms with Gasteiger partial charge >= 0.3 is 7.12 Å². The monoisotopic (exact) mass is 444 g/mol. The molecular weight excluding hydrogens is 411 g/mol. The summed E-state index contributed by atoms with van der Waals surface area (Å²) in [5, 5.41) is 6.89. The summed E-state index contributed by atoms with van der Waals surface area (Å²) in [6.45, 7) is 14.2. The molecule has 0 unspecified atom stereocenters. The second kappa shape index (κ2) is 8.79. The zero-order chi connectivity index (χ0) is 23.8. The highest BCUT2D eigenvalue weighted by Gasteiger charge is 2.54.